The van der Waals surface area contributed by atoms with Crippen LogP contribution in [-0.2, 0) is 17.6 Å². The number of carboxylic acid groups (broad SMARTS) is 1. The standard InChI is InChI=1S/C33H37N3O3Si/c1-34-15-12-21-17-25-29(19-27(21)34)40(4,5)30-20-28-22(13-16-35(28)2)18-26(30)32(25)23-9-6-7-10-24(23)33(39)36(3)14-8-11-31(37)38/h6-7,9-10,17-20H,8,11-16H2,1-5H3/p+1. The number of amides is 1. The Morgan fingerprint density at radius 1 is 1.02 bits per heavy atom. The number of carboxylic acids is 1. The third kappa shape index (κ3) is 4.18. The monoisotopic (exact) mass is 552 g/mol. The van der Waals surface area contributed by atoms with Gasteiger partial charge < -0.3 is 14.9 Å². The molecule has 3 aliphatic heterocycles. The SMILES string of the molecule is CN(CCCC(=O)O)C(=O)c1ccccc1C1=c2cc3c(cc2[Si](C)(C)c2cc4c(cc21)CCN4C)=[N+](C)CC3. The summed E-state index contributed by atoms with van der Waals surface area (Å²) in [6, 6.07) is 17.7. The van der Waals surface area contributed by atoms with Crippen LogP contribution in [0.25, 0.3) is 5.57 Å². The molecule has 1 amide bonds. The minimum absolute atomic E-state index is 0.0518. The van der Waals surface area contributed by atoms with Crippen LogP contribution in [0.5, 0.6) is 0 Å². The van der Waals surface area contributed by atoms with Gasteiger partial charge in [-0.05, 0) is 75.0 Å². The average Bonchev–Trinajstić information content (AvgIpc) is 3.48. The molecule has 3 aromatic carbocycles. The van der Waals surface area contributed by atoms with Crippen LogP contribution in [0, 0.1) is 0 Å². The summed E-state index contributed by atoms with van der Waals surface area (Å²) in [7, 11) is 4.07. The van der Waals surface area contributed by atoms with E-state index in [1.165, 1.54) is 43.3 Å². The highest BCUT2D eigenvalue weighted by Gasteiger charge is 2.39. The van der Waals surface area contributed by atoms with Gasteiger partial charge >= 0.3 is 5.97 Å². The van der Waals surface area contributed by atoms with E-state index in [4.69, 9.17) is 5.11 Å². The first kappa shape index (κ1) is 26.5. The molecule has 6 rings (SSSR count). The first-order valence-corrected chi connectivity index (χ1v) is 17.3. The molecule has 7 heteroatoms. The number of benzene rings is 3. The second kappa shape index (κ2) is 9.73. The molecule has 3 aromatic rings. The van der Waals surface area contributed by atoms with Gasteiger partial charge in [0.2, 0.25) is 5.36 Å². The van der Waals surface area contributed by atoms with Gasteiger partial charge in [-0.1, -0.05) is 31.3 Å². The number of carbonyl (C=O) groups excluding carboxylic acids is 1. The van der Waals surface area contributed by atoms with E-state index in [9.17, 15) is 9.59 Å². The van der Waals surface area contributed by atoms with Crippen LogP contribution >= 0.6 is 0 Å². The maximum Gasteiger partial charge on any atom is 0.303 e. The summed E-state index contributed by atoms with van der Waals surface area (Å²) in [6.45, 7) is 7.39. The quantitative estimate of drug-likeness (QED) is 0.374. The topological polar surface area (TPSA) is 63.9 Å². The highest BCUT2D eigenvalue weighted by atomic mass is 28.3. The highest BCUT2D eigenvalue weighted by molar-refractivity contribution is 7.01. The van der Waals surface area contributed by atoms with E-state index in [0.717, 1.165) is 37.1 Å². The zero-order valence-electron chi connectivity index (χ0n) is 24.2. The maximum atomic E-state index is 13.9. The summed E-state index contributed by atoms with van der Waals surface area (Å²) in [6.07, 6.45) is 2.55. The van der Waals surface area contributed by atoms with Crippen molar-refractivity contribution in [2.24, 2.45) is 0 Å². The molecular weight excluding hydrogens is 514 g/mol. The van der Waals surface area contributed by atoms with Crippen molar-refractivity contribution in [3.63, 3.8) is 0 Å². The molecule has 6 nitrogen and oxygen atoms in total. The normalized spacial score (nSPS) is 16.4. The molecule has 0 saturated carbocycles. The van der Waals surface area contributed by atoms with Crippen LogP contribution in [-0.4, -0.2) is 70.7 Å². The van der Waals surface area contributed by atoms with Crippen LogP contribution in [0.4, 0.5) is 5.69 Å². The molecule has 40 heavy (non-hydrogen) atoms. The van der Waals surface area contributed by atoms with Crippen molar-refractivity contribution in [2.75, 3.05) is 45.7 Å². The molecule has 0 unspecified atom stereocenters. The van der Waals surface area contributed by atoms with E-state index >= 15 is 0 Å². The predicted octanol–water partition coefficient (Wildman–Crippen LogP) is 1.68. The molecule has 3 heterocycles. The van der Waals surface area contributed by atoms with Crippen molar-refractivity contribution in [3.8, 4) is 0 Å². The van der Waals surface area contributed by atoms with E-state index in [0.29, 0.717) is 18.5 Å². The van der Waals surface area contributed by atoms with Crippen molar-refractivity contribution >= 4 is 41.6 Å². The summed E-state index contributed by atoms with van der Waals surface area (Å²) < 4.78 is 2.37. The minimum atomic E-state index is -2.07. The number of hydrogen-bond acceptors (Lipinski definition) is 3. The van der Waals surface area contributed by atoms with Crippen LogP contribution < -0.4 is 30.4 Å². The Kier molecular flexibility index (Phi) is 6.45. The van der Waals surface area contributed by atoms with Gasteiger partial charge in [0.25, 0.3) is 5.91 Å². The van der Waals surface area contributed by atoms with Crippen LogP contribution in [0.2, 0.25) is 13.1 Å². The molecule has 0 spiro atoms. The lowest BCUT2D eigenvalue weighted by Gasteiger charge is -2.34. The first-order chi connectivity index (χ1) is 19.1. The van der Waals surface area contributed by atoms with Crippen molar-refractivity contribution < 1.29 is 14.7 Å². The van der Waals surface area contributed by atoms with Crippen molar-refractivity contribution in [1.82, 2.24) is 9.48 Å². The second-order valence-corrected chi connectivity index (χ2v) is 16.5. The van der Waals surface area contributed by atoms with Crippen molar-refractivity contribution in [1.29, 1.82) is 0 Å². The zero-order chi connectivity index (χ0) is 28.3. The fourth-order valence-electron chi connectivity index (χ4n) is 6.89. The Hall–Kier alpha value is -3.71. The first-order valence-electron chi connectivity index (χ1n) is 14.3. The molecular formula is C33H38N3O3Si+. The van der Waals surface area contributed by atoms with Gasteiger partial charge in [0.1, 0.15) is 21.7 Å². The lowest BCUT2D eigenvalue weighted by atomic mass is 9.89. The maximum absolute atomic E-state index is 13.9. The molecule has 0 aliphatic carbocycles. The number of carbonyl (C=O) groups is 2. The minimum Gasteiger partial charge on any atom is -0.481 e. The number of fused-ring (bicyclic) bond motifs is 4. The highest BCUT2D eigenvalue weighted by Crippen LogP contribution is 2.34. The van der Waals surface area contributed by atoms with Gasteiger partial charge in [-0.3, -0.25) is 9.59 Å². The summed E-state index contributed by atoms with van der Waals surface area (Å²) in [4.78, 5) is 29.0. The summed E-state index contributed by atoms with van der Waals surface area (Å²) >= 11 is 0. The Morgan fingerprint density at radius 3 is 2.58 bits per heavy atom. The van der Waals surface area contributed by atoms with E-state index in [-0.39, 0.29) is 12.3 Å². The van der Waals surface area contributed by atoms with E-state index in [1.54, 1.807) is 11.9 Å². The number of aliphatic carboxylic acids is 1. The molecule has 0 atom stereocenters. The Bertz CT molecular complexity index is 1710. The van der Waals surface area contributed by atoms with Crippen LogP contribution in [0.15, 0.2) is 48.5 Å². The molecule has 0 radical (unpaired) electrons. The Balaban J connectivity index is 1.62. The van der Waals surface area contributed by atoms with Gasteiger partial charge in [-0.2, -0.15) is 0 Å². The number of rotatable bonds is 6. The Labute approximate surface area is 236 Å². The fourth-order valence-corrected chi connectivity index (χ4v) is 9.91. The molecule has 0 aromatic heterocycles. The largest absolute Gasteiger partial charge is 0.481 e. The summed E-state index contributed by atoms with van der Waals surface area (Å²) in [5.74, 6) is -0.907. The molecule has 0 fully saturated rings. The third-order valence-corrected chi connectivity index (χ3v) is 12.8. The van der Waals surface area contributed by atoms with Gasteiger partial charge in [-0.15, -0.1) is 0 Å². The number of likely N-dealkylation sites (N-methyl/N-ethyl adjacent to an activating group) is 2. The molecule has 3 aliphatic rings. The van der Waals surface area contributed by atoms with Crippen molar-refractivity contribution in [3.05, 3.63) is 86.9 Å². The predicted molar refractivity (Wildman–Crippen MR) is 163 cm³/mol. The summed E-state index contributed by atoms with van der Waals surface area (Å²) in [5, 5.41) is 14.6. The van der Waals surface area contributed by atoms with Crippen LogP contribution in [0.1, 0.15) is 45.5 Å². The summed E-state index contributed by atoms with van der Waals surface area (Å²) in [5.41, 5.74) is 8.16. The lowest BCUT2D eigenvalue weighted by Crippen LogP contribution is -2.64. The van der Waals surface area contributed by atoms with Gasteiger partial charge in [0, 0.05) is 62.9 Å². The lowest BCUT2D eigenvalue weighted by molar-refractivity contribution is -0.137. The van der Waals surface area contributed by atoms with Gasteiger partial charge in [-0.25, -0.2) is 4.58 Å². The molecule has 1 N–H and O–H groups in total. The van der Waals surface area contributed by atoms with Gasteiger partial charge in [0.15, 0.2) is 0 Å². The molecule has 206 valence electrons. The van der Waals surface area contributed by atoms with E-state index in [2.05, 4.69) is 67.0 Å². The van der Waals surface area contributed by atoms with Crippen LogP contribution in [0.3, 0.4) is 0 Å². The number of anilines is 1. The fraction of sp³-hybridized carbons (Fsp3) is 0.364. The average molecular weight is 553 g/mol. The van der Waals surface area contributed by atoms with Gasteiger partial charge in [0.05, 0.1) is 0 Å². The Morgan fingerprint density at radius 2 is 1.80 bits per heavy atom. The second-order valence-electron chi connectivity index (χ2n) is 12.2. The van der Waals surface area contributed by atoms with E-state index < -0.39 is 14.0 Å². The molecule has 0 saturated heterocycles. The van der Waals surface area contributed by atoms with E-state index in [1.807, 2.05) is 18.2 Å². The smallest absolute Gasteiger partial charge is 0.303 e. The number of hydrogen-bond donors (Lipinski definition) is 1. The molecule has 0 bridgehead atoms. The number of nitrogens with zero attached hydrogens (tertiary/aromatic N) is 3. The third-order valence-electron chi connectivity index (χ3n) is 9.24. The zero-order valence-corrected chi connectivity index (χ0v) is 25.2. The van der Waals surface area contributed by atoms with Crippen molar-refractivity contribution in [2.45, 2.75) is 38.8 Å².